The van der Waals surface area contributed by atoms with E-state index >= 15 is 0 Å². The molecule has 4 nitrogen and oxygen atoms in total. The standard InChI is InChI=1S/C23H27F3N2O2S2/c1-27(32(2)30)21-9-5-4-8-19(21)22(29)28-14-12-17-16-18(10-11-20(17)28)31-15-7-3-6-13-23(24,25)26/h4-5,8-11,16H,3,6-7,12-15H2,1-2H3. The quantitative estimate of drug-likeness (QED) is 0.332. The van der Waals surface area contributed by atoms with E-state index in [1.165, 1.54) is 0 Å². The Bertz CT molecular complexity index is 982. The number of fused-ring (bicyclic) bond motifs is 1. The van der Waals surface area contributed by atoms with E-state index in [1.54, 1.807) is 52.5 Å². The SMILES string of the molecule is CN(c1ccccc1C(=O)N1CCc2cc(SCCCCCC(F)(F)F)ccc21)S(C)=O. The van der Waals surface area contributed by atoms with Gasteiger partial charge in [0.15, 0.2) is 0 Å². The molecule has 0 bridgehead atoms. The number of hydrogen-bond donors (Lipinski definition) is 0. The van der Waals surface area contributed by atoms with Gasteiger partial charge in [-0.15, -0.1) is 11.8 Å². The van der Waals surface area contributed by atoms with Crippen LogP contribution in [0.15, 0.2) is 47.4 Å². The number of anilines is 2. The van der Waals surface area contributed by atoms with E-state index in [-0.39, 0.29) is 12.3 Å². The Morgan fingerprint density at radius 1 is 1.16 bits per heavy atom. The number of benzene rings is 2. The summed E-state index contributed by atoms with van der Waals surface area (Å²) in [4.78, 5) is 16.1. The van der Waals surface area contributed by atoms with Gasteiger partial charge >= 0.3 is 6.18 Å². The maximum atomic E-state index is 13.3. The van der Waals surface area contributed by atoms with E-state index in [9.17, 15) is 22.2 Å². The number of amides is 1. The Hall–Kier alpha value is -2.00. The minimum absolute atomic E-state index is 0.123. The molecule has 32 heavy (non-hydrogen) atoms. The van der Waals surface area contributed by atoms with Gasteiger partial charge in [-0.3, -0.25) is 9.10 Å². The van der Waals surface area contributed by atoms with Crippen molar-refractivity contribution in [2.24, 2.45) is 0 Å². The first-order valence-electron chi connectivity index (χ1n) is 10.5. The molecule has 0 saturated carbocycles. The molecule has 1 unspecified atom stereocenters. The van der Waals surface area contributed by atoms with Gasteiger partial charge in [-0.05, 0) is 60.9 Å². The zero-order chi connectivity index (χ0) is 23.3. The molecule has 9 heteroatoms. The predicted molar refractivity (Wildman–Crippen MR) is 126 cm³/mol. The van der Waals surface area contributed by atoms with Gasteiger partial charge in [0.25, 0.3) is 5.91 Å². The molecule has 174 valence electrons. The van der Waals surface area contributed by atoms with Crippen molar-refractivity contribution in [1.29, 1.82) is 0 Å². The first-order chi connectivity index (χ1) is 15.2. The number of para-hydroxylation sites is 1. The molecule has 0 saturated heterocycles. The summed E-state index contributed by atoms with van der Waals surface area (Å²) in [5.74, 6) is 0.648. The number of thioether (sulfide) groups is 1. The number of halogens is 3. The van der Waals surface area contributed by atoms with Crippen molar-refractivity contribution < 1.29 is 22.2 Å². The van der Waals surface area contributed by atoms with E-state index in [0.29, 0.717) is 24.2 Å². The summed E-state index contributed by atoms with van der Waals surface area (Å²) in [7, 11) is 0.457. The summed E-state index contributed by atoms with van der Waals surface area (Å²) < 4.78 is 50.1. The van der Waals surface area contributed by atoms with E-state index in [1.807, 2.05) is 18.2 Å². The molecule has 1 aliphatic rings. The van der Waals surface area contributed by atoms with Gasteiger partial charge in [-0.2, -0.15) is 13.2 Å². The maximum Gasteiger partial charge on any atom is 0.389 e. The average Bonchev–Trinajstić information content (AvgIpc) is 3.17. The average molecular weight is 485 g/mol. The van der Waals surface area contributed by atoms with Crippen LogP contribution in [0.3, 0.4) is 0 Å². The van der Waals surface area contributed by atoms with E-state index in [0.717, 1.165) is 34.7 Å². The molecular weight excluding hydrogens is 457 g/mol. The fourth-order valence-corrected chi connectivity index (χ4v) is 5.10. The number of alkyl halides is 3. The normalized spacial score (nSPS) is 14.3. The second-order valence-electron chi connectivity index (χ2n) is 7.71. The number of carbonyl (C=O) groups is 1. The lowest BCUT2D eigenvalue weighted by atomic mass is 10.1. The highest BCUT2D eigenvalue weighted by Gasteiger charge is 2.28. The highest BCUT2D eigenvalue weighted by Crippen LogP contribution is 2.34. The van der Waals surface area contributed by atoms with E-state index in [2.05, 4.69) is 6.07 Å². The molecule has 0 spiro atoms. The Labute approximate surface area is 193 Å². The van der Waals surface area contributed by atoms with Crippen LogP contribution < -0.4 is 9.21 Å². The van der Waals surface area contributed by atoms with Crippen molar-refractivity contribution >= 4 is 40.0 Å². The summed E-state index contributed by atoms with van der Waals surface area (Å²) in [6.45, 7) is 0.576. The predicted octanol–water partition coefficient (Wildman–Crippen LogP) is 5.83. The Morgan fingerprint density at radius 3 is 2.62 bits per heavy atom. The van der Waals surface area contributed by atoms with Crippen LogP contribution in [0.25, 0.3) is 0 Å². The molecule has 2 aromatic carbocycles. The Morgan fingerprint density at radius 2 is 1.91 bits per heavy atom. The largest absolute Gasteiger partial charge is 0.389 e. The molecule has 2 aromatic rings. The summed E-state index contributed by atoms with van der Waals surface area (Å²) in [6, 6.07) is 13.1. The molecule has 0 aliphatic carbocycles. The van der Waals surface area contributed by atoms with Gasteiger partial charge < -0.3 is 4.90 Å². The number of carbonyl (C=O) groups excluding carboxylic acids is 1. The topological polar surface area (TPSA) is 40.6 Å². The molecule has 1 heterocycles. The minimum Gasteiger partial charge on any atom is -0.308 e. The molecule has 0 aromatic heterocycles. The zero-order valence-electron chi connectivity index (χ0n) is 18.2. The number of rotatable bonds is 9. The molecule has 1 amide bonds. The molecule has 1 atom stereocenters. The molecule has 3 rings (SSSR count). The highest BCUT2D eigenvalue weighted by molar-refractivity contribution is 7.99. The number of nitrogens with zero attached hydrogens (tertiary/aromatic N) is 2. The van der Waals surface area contributed by atoms with Crippen LogP contribution >= 0.6 is 11.8 Å². The van der Waals surface area contributed by atoms with Crippen molar-refractivity contribution in [1.82, 2.24) is 0 Å². The van der Waals surface area contributed by atoms with Crippen LogP contribution in [0.1, 0.15) is 41.6 Å². The van der Waals surface area contributed by atoms with Crippen molar-refractivity contribution in [3.63, 3.8) is 0 Å². The first kappa shape index (κ1) is 24.6. The van der Waals surface area contributed by atoms with E-state index < -0.39 is 23.6 Å². The number of unbranched alkanes of at least 4 members (excludes halogenated alkanes) is 2. The third kappa shape index (κ3) is 6.28. The molecular formula is C23H27F3N2O2S2. The van der Waals surface area contributed by atoms with Gasteiger partial charge in [-0.25, -0.2) is 4.21 Å². The van der Waals surface area contributed by atoms with Gasteiger partial charge in [0.1, 0.15) is 11.0 Å². The summed E-state index contributed by atoms with van der Waals surface area (Å²) in [5, 5.41) is 0. The van der Waals surface area contributed by atoms with Crippen LogP contribution in [0.2, 0.25) is 0 Å². The fraction of sp³-hybridized carbons (Fsp3) is 0.435. The first-order valence-corrected chi connectivity index (χ1v) is 13.0. The fourth-order valence-electron chi connectivity index (χ4n) is 3.69. The Kier molecular flexibility index (Phi) is 8.27. The Balaban J connectivity index is 1.63. The third-order valence-corrected chi connectivity index (χ3v) is 7.47. The van der Waals surface area contributed by atoms with Crippen molar-refractivity contribution in [3.05, 3.63) is 53.6 Å². The van der Waals surface area contributed by atoms with Gasteiger partial charge in [0.2, 0.25) is 0 Å². The lowest BCUT2D eigenvalue weighted by Gasteiger charge is -2.23. The highest BCUT2D eigenvalue weighted by atomic mass is 32.2. The van der Waals surface area contributed by atoms with Crippen molar-refractivity contribution in [2.45, 2.75) is 43.2 Å². The molecule has 0 N–H and O–H groups in total. The molecule has 0 fully saturated rings. The van der Waals surface area contributed by atoms with Gasteiger partial charge in [-0.1, -0.05) is 18.6 Å². The van der Waals surface area contributed by atoms with Crippen molar-refractivity contribution in [2.75, 3.05) is 34.8 Å². The molecule has 1 aliphatic heterocycles. The van der Waals surface area contributed by atoms with Crippen LogP contribution in [0.4, 0.5) is 24.5 Å². The second-order valence-corrected chi connectivity index (χ2v) is 10.3. The van der Waals surface area contributed by atoms with Crippen LogP contribution in [0, 0.1) is 0 Å². The van der Waals surface area contributed by atoms with Gasteiger partial charge in [0, 0.05) is 36.9 Å². The second kappa shape index (κ2) is 10.7. The monoisotopic (exact) mass is 484 g/mol. The van der Waals surface area contributed by atoms with Gasteiger partial charge in [0.05, 0.1) is 11.3 Å². The van der Waals surface area contributed by atoms with E-state index in [4.69, 9.17) is 0 Å². The summed E-state index contributed by atoms with van der Waals surface area (Å²) in [6.07, 6.45) is -0.983. The van der Waals surface area contributed by atoms with Crippen LogP contribution in [0.5, 0.6) is 0 Å². The van der Waals surface area contributed by atoms with Crippen LogP contribution in [-0.2, 0) is 17.4 Å². The van der Waals surface area contributed by atoms with Crippen molar-refractivity contribution in [3.8, 4) is 0 Å². The molecule has 0 radical (unpaired) electrons. The number of hydrogen-bond acceptors (Lipinski definition) is 3. The smallest absolute Gasteiger partial charge is 0.308 e. The summed E-state index contributed by atoms with van der Waals surface area (Å²) >= 11 is 1.63. The third-order valence-electron chi connectivity index (χ3n) is 5.42. The van der Waals surface area contributed by atoms with Crippen LogP contribution in [-0.4, -0.2) is 41.9 Å². The summed E-state index contributed by atoms with van der Waals surface area (Å²) in [5.41, 5.74) is 3.10. The zero-order valence-corrected chi connectivity index (χ0v) is 19.8. The lowest BCUT2D eigenvalue weighted by Crippen LogP contribution is -2.31. The lowest BCUT2D eigenvalue weighted by molar-refractivity contribution is -0.135. The maximum absolute atomic E-state index is 13.3. The minimum atomic E-state index is -4.07.